The van der Waals surface area contributed by atoms with Gasteiger partial charge in [-0.3, -0.25) is 9.59 Å². The van der Waals surface area contributed by atoms with E-state index in [0.29, 0.717) is 25.6 Å². The van der Waals surface area contributed by atoms with Crippen molar-refractivity contribution >= 4 is 29.4 Å². The summed E-state index contributed by atoms with van der Waals surface area (Å²) in [5, 5.41) is 10.3. The van der Waals surface area contributed by atoms with E-state index in [-0.39, 0.29) is 24.8 Å². The molecule has 2 heterocycles. The van der Waals surface area contributed by atoms with Crippen molar-refractivity contribution in [3.63, 3.8) is 0 Å². The monoisotopic (exact) mass is 418 g/mol. The Morgan fingerprint density at radius 3 is 2.72 bits per heavy atom. The number of thioether (sulfide) groups is 1. The summed E-state index contributed by atoms with van der Waals surface area (Å²) in [4.78, 5) is 24.8. The molecule has 156 valence electrons. The minimum Gasteiger partial charge on any atom is -0.494 e. The minimum absolute atomic E-state index is 0.0556. The van der Waals surface area contributed by atoms with Crippen LogP contribution in [0.4, 0.5) is 5.82 Å². The number of fused-ring (bicyclic) bond motifs is 1. The second kappa shape index (κ2) is 10.3. The van der Waals surface area contributed by atoms with Crippen LogP contribution in [0.1, 0.15) is 23.7 Å². The van der Waals surface area contributed by atoms with Crippen LogP contribution in [0.3, 0.4) is 0 Å². The molecule has 1 aromatic heterocycles. The molecule has 29 heavy (non-hydrogen) atoms. The maximum absolute atomic E-state index is 12.6. The molecule has 0 unspecified atom stereocenters. The number of nitrogens with zero attached hydrogens (tertiary/aromatic N) is 2. The molecule has 0 radical (unpaired) electrons. The van der Waals surface area contributed by atoms with Crippen LogP contribution in [0.5, 0.6) is 5.75 Å². The summed E-state index contributed by atoms with van der Waals surface area (Å²) in [6, 6.07) is 7.47. The van der Waals surface area contributed by atoms with Crippen LogP contribution in [0.2, 0.25) is 0 Å². The molecular weight excluding hydrogens is 392 g/mol. The van der Waals surface area contributed by atoms with E-state index in [0.717, 1.165) is 34.1 Å². The number of nitrogens with one attached hydrogen (secondary N) is 2. The molecule has 8 nitrogen and oxygen atoms in total. The first-order valence-corrected chi connectivity index (χ1v) is 10.7. The van der Waals surface area contributed by atoms with Crippen molar-refractivity contribution in [1.82, 2.24) is 15.1 Å². The number of hydrogen-bond acceptors (Lipinski definition) is 6. The summed E-state index contributed by atoms with van der Waals surface area (Å²) in [7, 11) is 1.58. The number of methoxy groups -OCH3 is 1. The van der Waals surface area contributed by atoms with Gasteiger partial charge in [-0.15, -0.1) is 0 Å². The zero-order valence-electron chi connectivity index (χ0n) is 16.7. The lowest BCUT2D eigenvalue weighted by Gasteiger charge is -2.11. The van der Waals surface area contributed by atoms with Crippen LogP contribution in [0.15, 0.2) is 24.3 Å². The zero-order valence-corrected chi connectivity index (χ0v) is 17.5. The standard InChI is InChI=1S/C20H26N4O4S/c1-3-28-15-6-4-14(5-7-15)10-18(25)22-20-16-12-29-13-17(16)23-24(20)11-19(26)21-8-9-27-2/h4-7H,3,8-13H2,1-2H3,(H,21,26)(H,22,25). The first-order valence-electron chi connectivity index (χ1n) is 9.54. The van der Waals surface area contributed by atoms with E-state index in [1.54, 1.807) is 23.6 Å². The fourth-order valence-electron chi connectivity index (χ4n) is 3.04. The predicted octanol–water partition coefficient (Wildman–Crippen LogP) is 1.97. The van der Waals surface area contributed by atoms with Crippen molar-refractivity contribution < 1.29 is 19.1 Å². The molecule has 1 aromatic carbocycles. The van der Waals surface area contributed by atoms with Gasteiger partial charge >= 0.3 is 0 Å². The first kappa shape index (κ1) is 21.2. The Morgan fingerprint density at radius 1 is 1.21 bits per heavy atom. The van der Waals surface area contributed by atoms with E-state index in [1.165, 1.54) is 0 Å². The third-order valence-corrected chi connectivity index (χ3v) is 5.37. The lowest BCUT2D eigenvalue weighted by molar-refractivity contribution is -0.122. The number of carbonyl (C=O) groups is 2. The highest BCUT2D eigenvalue weighted by Gasteiger charge is 2.24. The molecular formula is C20H26N4O4S. The summed E-state index contributed by atoms with van der Waals surface area (Å²) < 4.78 is 12.0. The van der Waals surface area contributed by atoms with Gasteiger partial charge in [0.15, 0.2) is 0 Å². The topological polar surface area (TPSA) is 94.5 Å². The number of aromatic nitrogens is 2. The number of hydrogen-bond donors (Lipinski definition) is 2. The van der Waals surface area contributed by atoms with Crippen molar-refractivity contribution in [1.29, 1.82) is 0 Å². The number of amides is 2. The molecule has 0 bridgehead atoms. The molecule has 0 aliphatic carbocycles. The molecule has 0 atom stereocenters. The van der Waals surface area contributed by atoms with Gasteiger partial charge in [0.25, 0.3) is 0 Å². The van der Waals surface area contributed by atoms with Crippen molar-refractivity contribution in [3.8, 4) is 5.75 Å². The average Bonchev–Trinajstić information content (AvgIpc) is 3.27. The predicted molar refractivity (Wildman–Crippen MR) is 112 cm³/mol. The van der Waals surface area contributed by atoms with E-state index < -0.39 is 0 Å². The molecule has 2 amide bonds. The van der Waals surface area contributed by atoms with Gasteiger partial charge in [0, 0.05) is 30.7 Å². The van der Waals surface area contributed by atoms with Crippen molar-refractivity contribution in [3.05, 3.63) is 41.1 Å². The number of rotatable bonds is 10. The second-order valence-corrected chi connectivity index (χ2v) is 7.55. The molecule has 3 rings (SSSR count). The Labute approximate surface area is 174 Å². The minimum atomic E-state index is -0.169. The molecule has 2 N–H and O–H groups in total. The Hall–Kier alpha value is -2.52. The maximum Gasteiger partial charge on any atom is 0.241 e. The average molecular weight is 419 g/mol. The molecule has 1 aliphatic heterocycles. The number of ether oxygens (including phenoxy) is 2. The number of carbonyl (C=O) groups excluding carboxylic acids is 2. The first-order chi connectivity index (χ1) is 14.1. The van der Waals surface area contributed by atoms with E-state index in [9.17, 15) is 9.59 Å². The highest BCUT2D eigenvalue weighted by atomic mass is 32.2. The highest BCUT2D eigenvalue weighted by Crippen LogP contribution is 2.34. The molecule has 0 fully saturated rings. The lowest BCUT2D eigenvalue weighted by Crippen LogP contribution is -2.31. The van der Waals surface area contributed by atoms with Gasteiger partial charge < -0.3 is 20.1 Å². The maximum atomic E-state index is 12.6. The van der Waals surface area contributed by atoms with Crippen molar-refractivity contribution in [2.24, 2.45) is 0 Å². The smallest absolute Gasteiger partial charge is 0.241 e. The van der Waals surface area contributed by atoms with Gasteiger partial charge in [-0.05, 0) is 24.6 Å². The number of anilines is 1. The largest absolute Gasteiger partial charge is 0.494 e. The third kappa shape index (κ3) is 5.74. The van der Waals surface area contributed by atoms with Crippen LogP contribution in [-0.4, -0.2) is 48.5 Å². The van der Waals surface area contributed by atoms with Crippen LogP contribution < -0.4 is 15.4 Å². The fraction of sp³-hybridized carbons (Fsp3) is 0.450. The van der Waals surface area contributed by atoms with Gasteiger partial charge in [0.05, 0.1) is 25.3 Å². The summed E-state index contributed by atoms with van der Waals surface area (Å²) >= 11 is 1.75. The van der Waals surface area contributed by atoms with Crippen LogP contribution in [0.25, 0.3) is 0 Å². The normalized spacial score (nSPS) is 12.5. The van der Waals surface area contributed by atoms with E-state index >= 15 is 0 Å². The fourth-order valence-corrected chi connectivity index (χ4v) is 4.07. The SMILES string of the molecule is CCOc1ccc(CC(=O)Nc2c3c(nn2CC(=O)NCCOC)CSC3)cc1. The van der Waals surface area contributed by atoms with Gasteiger partial charge in [0.1, 0.15) is 18.1 Å². The van der Waals surface area contributed by atoms with Gasteiger partial charge in [-0.1, -0.05) is 12.1 Å². The Morgan fingerprint density at radius 2 is 2.00 bits per heavy atom. The molecule has 0 saturated carbocycles. The van der Waals surface area contributed by atoms with Gasteiger partial charge in [0.2, 0.25) is 11.8 Å². The third-order valence-electron chi connectivity index (χ3n) is 4.40. The van der Waals surface area contributed by atoms with Crippen molar-refractivity contribution in [2.45, 2.75) is 31.4 Å². The van der Waals surface area contributed by atoms with Gasteiger partial charge in [-0.25, -0.2) is 4.68 Å². The van der Waals surface area contributed by atoms with Crippen LogP contribution in [0, 0.1) is 0 Å². The molecule has 9 heteroatoms. The second-order valence-electron chi connectivity index (χ2n) is 6.57. The summed E-state index contributed by atoms with van der Waals surface area (Å²) in [6.45, 7) is 3.47. The molecule has 0 spiro atoms. The summed E-state index contributed by atoms with van der Waals surface area (Å²) in [6.07, 6.45) is 0.236. The van der Waals surface area contributed by atoms with E-state index in [2.05, 4.69) is 15.7 Å². The van der Waals surface area contributed by atoms with Gasteiger partial charge in [-0.2, -0.15) is 16.9 Å². The van der Waals surface area contributed by atoms with E-state index in [1.807, 2.05) is 31.2 Å². The highest BCUT2D eigenvalue weighted by molar-refractivity contribution is 7.98. The number of benzene rings is 1. The summed E-state index contributed by atoms with van der Waals surface area (Å²) in [5.41, 5.74) is 2.82. The summed E-state index contributed by atoms with van der Waals surface area (Å²) in [5.74, 6) is 2.65. The lowest BCUT2D eigenvalue weighted by atomic mass is 10.1. The quantitative estimate of drug-likeness (QED) is 0.573. The van der Waals surface area contributed by atoms with Crippen LogP contribution in [-0.2, 0) is 38.8 Å². The van der Waals surface area contributed by atoms with E-state index in [4.69, 9.17) is 9.47 Å². The molecule has 1 aliphatic rings. The zero-order chi connectivity index (χ0) is 20.6. The molecule has 2 aromatic rings. The van der Waals surface area contributed by atoms with Crippen LogP contribution >= 0.6 is 11.8 Å². The molecule has 0 saturated heterocycles. The van der Waals surface area contributed by atoms with Crippen molar-refractivity contribution in [2.75, 3.05) is 32.2 Å². The Kier molecular flexibility index (Phi) is 7.54. The Bertz CT molecular complexity index is 851. The Balaban J connectivity index is 1.65.